The van der Waals surface area contributed by atoms with Crippen molar-refractivity contribution < 1.29 is 0 Å². The number of anilines is 1. The molecule has 1 aliphatic rings. The number of hydrogen-bond donors (Lipinski definition) is 1. The number of likely N-dealkylation sites (tertiary alicyclic amines) is 1. The summed E-state index contributed by atoms with van der Waals surface area (Å²) in [5.74, 6) is 1.71. The van der Waals surface area contributed by atoms with Gasteiger partial charge in [-0.3, -0.25) is 4.90 Å². The Kier molecular flexibility index (Phi) is 4.84. The first-order valence-electron chi connectivity index (χ1n) is 6.80. The van der Waals surface area contributed by atoms with Crippen molar-refractivity contribution in [2.75, 3.05) is 25.0 Å². The van der Waals surface area contributed by atoms with Gasteiger partial charge in [-0.25, -0.2) is 4.98 Å². The number of hydrogen-bond acceptors (Lipinski definition) is 3. The quantitative estimate of drug-likeness (QED) is 0.906. The number of aromatic nitrogens is 1. The van der Waals surface area contributed by atoms with Gasteiger partial charge in [0.2, 0.25) is 0 Å². The molecular formula is C14H22ClN3. The van der Waals surface area contributed by atoms with Gasteiger partial charge in [-0.05, 0) is 44.4 Å². The maximum absolute atomic E-state index is 6.24. The number of nitrogens with zero attached hydrogens (tertiary/aromatic N) is 2. The minimum Gasteiger partial charge on any atom is -0.370 e. The minimum atomic E-state index is 0.773. The maximum atomic E-state index is 6.24. The molecule has 0 aromatic carbocycles. The number of piperidine rings is 1. The van der Waals surface area contributed by atoms with Crippen LogP contribution in [0.3, 0.4) is 0 Å². The molecule has 0 spiro atoms. The molecule has 1 aromatic rings. The number of rotatable bonds is 4. The van der Waals surface area contributed by atoms with Crippen molar-refractivity contribution in [2.45, 2.75) is 33.2 Å². The van der Waals surface area contributed by atoms with Gasteiger partial charge in [0, 0.05) is 19.6 Å². The molecule has 0 bridgehead atoms. The molecule has 1 saturated heterocycles. The van der Waals surface area contributed by atoms with Gasteiger partial charge in [-0.1, -0.05) is 18.5 Å². The lowest BCUT2D eigenvalue weighted by Gasteiger charge is -2.30. The average molecular weight is 268 g/mol. The molecule has 1 fully saturated rings. The number of nitrogens with one attached hydrogen (secondary N) is 1. The van der Waals surface area contributed by atoms with E-state index in [0.29, 0.717) is 0 Å². The summed E-state index contributed by atoms with van der Waals surface area (Å²) in [4.78, 5) is 7.05. The standard InChI is InChI=1S/C14H22ClN3/c1-3-16-14-7-6-12(15)13(17-14)10-18-8-4-5-11(2)9-18/h6-7,11H,3-5,8-10H2,1-2H3,(H,16,17). The van der Waals surface area contributed by atoms with Gasteiger partial charge in [0.15, 0.2) is 0 Å². The lowest BCUT2D eigenvalue weighted by atomic mass is 10.0. The molecule has 1 atom stereocenters. The van der Waals surface area contributed by atoms with E-state index < -0.39 is 0 Å². The third-order valence-electron chi connectivity index (χ3n) is 3.39. The van der Waals surface area contributed by atoms with E-state index >= 15 is 0 Å². The zero-order valence-corrected chi connectivity index (χ0v) is 12.0. The highest BCUT2D eigenvalue weighted by atomic mass is 35.5. The Hall–Kier alpha value is -0.800. The van der Waals surface area contributed by atoms with Gasteiger partial charge in [-0.2, -0.15) is 0 Å². The van der Waals surface area contributed by atoms with Crippen molar-refractivity contribution in [3.05, 3.63) is 22.8 Å². The molecule has 3 nitrogen and oxygen atoms in total. The van der Waals surface area contributed by atoms with Crippen molar-refractivity contribution in [2.24, 2.45) is 5.92 Å². The van der Waals surface area contributed by atoms with Gasteiger partial charge in [0.1, 0.15) is 5.82 Å². The molecule has 0 radical (unpaired) electrons. The van der Waals surface area contributed by atoms with Crippen LogP contribution < -0.4 is 5.32 Å². The molecule has 2 rings (SSSR count). The molecule has 1 N–H and O–H groups in total. The topological polar surface area (TPSA) is 28.2 Å². The zero-order valence-electron chi connectivity index (χ0n) is 11.2. The highest BCUT2D eigenvalue weighted by molar-refractivity contribution is 6.31. The van der Waals surface area contributed by atoms with Crippen molar-refractivity contribution >= 4 is 17.4 Å². The van der Waals surface area contributed by atoms with E-state index in [4.69, 9.17) is 11.6 Å². The van der Waals surface area contributed by atoms with Gasteiger partial charge >= 0.3 is 0 Å². The summed E-state index contributed by atoms with van der Waals surface area (Å²) in [7, 11) is 0. The molecule has 4 heteroatoms. The summed E-state index contributed by atoms with van der Waals surface area (Å²) >= 11 is 6.24. The first-order chi connectivity index (χ1) is 8.69. The fraction of sp³-hybridized carbons (Fsp3) is 0.643. The summed E-state index contributed by atoms with van der Waals surface area (Å²) in [5, 5.41) is 4.01. The predicted octanol–water partition coefficient (Wildman–Crippen LogP) is 3.40. The Balaban J connectivity index is 2.05. The van der Waals surface area contributed by atoms with E-state index in [-0.39, 0.29) is 0 Å². The largest absolute Gasteiger partial charge is 0.370 e. The van der Waals surface area contributed by atoms with E-state index in [1.165, 1.54) is 12.8 Å². The Morgan fingerprint density at radius 2 is 2.33 bits per heavy atom. The van der Waals surface area contributed by atoms with Crippen LogP contribution in [0.25, 0.3) is 0 Å². The highest BCUT2D eigenvalue weighted by Gasteiger charge is 2.17. The van der Waals surface area contributed by atoms with Gasteiger partial charge in [0.25, 0.3) is 0 Å². The molecule has 1 aromatic heterocycles. The monoisotopic (exact) mass is 267 g/mol. The fourth-order valence-electron chi connectivity index (χ4n) is 2.52. The summed E-state index contributed by atoms with van der Waals surface area (Å²) in [5.41, 5.74) is 0.990. The second-order valence-corrected chi connectivity index (χ2v) is 5.55. The van der Waals surface area contributed by atoms with Gasteiger partial charge in [0.05, 0.1) is 10.7 Å². The Morgan fingerprint density at radius 3 is 3.06 bits per heavy atom. The summed E-state index contributed by atoms with van der Waals surface area (Å²) in [6.07, 6.45) is 2.63. The van der Waals surface area contributed by atoms with Gasteiger partial charge < -0.3 is 5.32 Å². The Bertz CT molecular complexity index is 395. The van der Waals surface area contributed by atoms with Crippen LogP contribution in [-0.4, -0.2) is 29.5 Å². The number of pyridine rings is 1. The molecule has 2 heterocycles. The Morgan fingerprint density at radius 1 is 1.50 bits per heavy atom. The van der Waals surface area contributed by atoms with E-state index in [1.54, 1.807) is 0 Å². The Labute approximate surface area is 115 Å². The molecule has 1 unspecified atom stereocenters. The fourth-order valence-corrected chi connectivity index (χ4v) is 2.68. The van der Waals surface area contributed by atoms with Crippen molar-refractivity contribution in [3.8, 4) is 0 Å². The van der Waals surface area contributed by atoms with Crippen LogP contribution in [0.15, 0.2) is 12.1 Å². The molecule has 100 valence electrons. The van der Waals surface area contributed by atoms with Crippen LogP contribution in [0.5, 0.6) is 0 Å². The van der Waals surface area contributed by atoms with Crippen molar-refractivity contribution in [1.82, 2.24) is 9.88 Å². The lowest BCUT2D eigenvalue weighted by molar-refractivity contribution is 0.175. The van der Waals surface area contributed by atoms with Crippen LogP contribution in [0.4, 0.5) is 5.82 Å². The van der Waals surface area contributed by atoms with E-state index in [1.807, 2.05) is 12.1 Å². The predicted molar refractivity (Wildman–Crippen MR) is 77.1 cm³/mol. The zero-order chi connectivity index (χ0) is 13.0. The van der Waals surface area contributed by atoms with Crippen LogP contribution in [0.1, 0.15) is 32.4 Å². The number of halogens is 1. The second-order valence-electron chi connectivity index (χ2n) is 5.14. The summed E-state index contributed by atoms with van der Waals surface area (Å²) < 4.78 is 0. The normalized spacial score (nSPS) is 20.9. The van der Waals surface area contributed by atoms with Crippen LogP contribution in [0.2, 0.25) is 5.02 Å². The third-order valence-corrected chi connectivity index (χ3v) is 3.74. The SMILES string of the molecule is CCNc1ccc(Cl)c(CN2CCCC(C)C2)n1. The van der Waals surface area contributed by atoms with Crippen LogP contribution >= 0.6 is 11.6 Å². The maximum Gasteiger partial charge on any atom is 0.126 e. The molecule has 0 saturated carbocycles. The van der Waals surface area contributed by atoms with Crippen molar-refractivity contribution in [1.29, 1.82) is 0 Å². The minimum absolute atomic E-state index is 0.773. The molecular weight excluding hydrogens is 246 g/mol. The first-order valence-corrected chi connectivity index (χ1v) is 7.18. The van der Waals surface area contributed by atoms with Crippen LogP contribution in [0, 0.1) is 5.92 Å². The first kappa shape index (κ1) is 13.6. The van der Waals surface area contributed by atoms with E-state index in [2.05, 4.69) is 29.0 Å². The van der Waals surface area contributed by atoms with Crippen molar-refractivity contribution in [3.63, 3.8) is 0 Å². The van der Waals surface area contributed by atoms with Gasteiger partial charge in [-0.15, -0.1) is 0 Å². The molecule has 18 heavy (non-hydrogen) atoms. The molecule has 1 aliphatic heterocycles. The average Bonchev–Trinajstić information content (AvgIpc) is 2.34. The summed E-state index contributed by atoms with van der Waals surface area (Å²) in [6.45, 7) is 8.45. The van der Waals surface area contributed by atoms with E-state index in [0.717, 1.165) is 48.6 Å². The van der Waals surface area contributed by atoms with Crippen LogP contribution in [-0.2, 0) is 6.54 Å². The van der Waals surface area contributed by atoms with E-state index in [9.17, 15) is 0 Å². The third kappa shape index (κ3) is 3.59. The summed E-state index contributed by atoms with van der Waals surface area (Å²) in [6, 6.07) is 3.88. The molecule has 0 amide bonds. The smallest absolute Gasteiger partial charge is 0.126 e. The molecule has 0 aliphatic carbocycles. The second kappa shape index (κ2) is 6.39. The highest BCUT2D eigenvalue weighted by Crippen LogP contribution is 2.22. The lowest BCUT2D eigenvalue weighted by Crippen LogP contribution is -2.34.